The molecule has 0 aromatic carbocycles. The monoisotopic (exact) mass is 223 g/mol. The summed E-state index contributed by atoms with van der Waals surface area (Å²) in [7, 11) is -3.01. The lowest BCUT2D eigenvalue weighted by Gasteiger charge is -2.22. The molecule has 1 heterocycles. The van der Waals surface area contributed by atoms with Crippen LogP contribution in [0.1, 0.15) is 26.7 Å². The van der Waals surface area contributed by atoms with Crippen molar-refractivity contribution in [3.8, 4) is 0 Å². The molecule has 1 rings (SSSR count). The van der Waals surface area contributed by atoms with Gasteiger partial charge in [0, 0.05) is 11.3 Å². The fourth-order valence-corrected chi connectivity index (χ4v) is 3.42. The molecule has 1 unspecified atom stereocenters. The van der Waals surface area contributed by atoms with E-state index in [1.54, 1.807) is 6.92 Å². The summed E-state index contributed by atoms with van der Waals surface area (Å²) >= 11 is 1.87. The van der Waals surface area contributed by atoms with E-state index in [0.717, 1.165) is 12.2 Å². The minimum atomic E-state index is -3.01. The zero-order chi connectivity index (χ0) is 9.95. The molecular weight excluding hydrogens is 206 g/mol. The summed E-state index contributed by atoms with van der Waals surface area (Å²) in [5.74, 6) is 1.33. The topological polar surface area (TPSA) is 46.2 Å². The van der Waals surface area contributed by atoms with Crippen molar-refractivity contribution in [2.75, 3.05) is 18.1 Å². The van der Waals surface area contributed by atoms with E-state index in [0.29, 0.717) is 6.54 Å². The molecule has 3 nitrogen and oxygen atoms in total. The van der Waals surface area contributed by atoms with Gasteiger partial charge in [-0.1, -0.05) is 0 Å². The predicted molar refractivity (Wildman–Crippen MR) is 57.6 cm³/mol. The van der Waals surface area contributed by atoms with Crippen LogP contribution in [0.4, 0.5) is 0 Å². The third-order valence-electron chi connectivity index (χ3n) is 2.35. The summed E-state index contributed by atoms with van der Waals surface area (Å²) in [6.07, 6.45) is 2.32. The molecule has 13 heavy (non-hydrogen) atoms. The number of thioether (sulfide) groups is 1. The molecule has 0 radical (unpaired) electrons. The van der Waals surface area contributed by atoms with Crippen molar-refractivity contribution in [3.63, 3.8) is 0 Å². The summed E-state index contributed by atoms with van der Waals surface area (Å²) in [6.45, 7) is 4.36. The van der Waals surface area contributed by atoms with E-state index >= 15 is 0 Å². The Hall–Kier alpha value is 0.260. The smallest absolute Gasteiger partial charge is 0.211 e. The van der Waals surface area contributed by atoms with Gasteiger partial charge in [0.15, 0.2) is 0 Å². The highest BCUT2D eigenvalue weighted by Gasteiger charge is 2.30. The third kappa shape index (κ3) is 3.48. The molecule has 0 spiro atoms. The van der Waals surface area contributed by atoms with E-state index in [9.17, 15) is 8.42 Å². The Morgan fingerprint density at radius 1 is 1.54 bits per heavy atom. The first-order chi connectivity index (χ1) is 5.97. The molecule has 1 atom stereocenters. The van der Waals surface area contributed by atoms with E-state index in [-0.39, 0.29) is 10.5 Å². The maximum absolute atomic E-state index is 11.2. The lowest BCUT2D eigenvalue weighted by Crippen LogP contribution is -2.37. The molecule has 0 aliphatic carbocycles. The highest BCUT2D eigenvalue weighted by molar-refractivity contribution is 8.01. The summed E-state index contributed by atoms with van der Waals surface area (Å²) < 4.78 is 25.1. The molecule has 0 bridgehead atoms. The van der Waals surface area contributed by atoms with Gasteiger partial charge in [0.1, 0.15) is 0 Å². The van der Waals surface area contributed by atoms with Gasteiger partial charge >= 0.3 is 0 Å². The lowest BCUT2D eigenvalue weighted by atomic mass is 10.1. The molecule has 78 valence electrons. The van der Waals surface area contributed by atoms with Gasteiger partial charge in [-0.2, -0.15) is 11.8 Å². The van der Waals surface area contributed by atoms with Crippen LogP contribution in [0, 0.1) is 0 Å². The summed E-state index contributed by atoms with van der Waals surface area (Å²) in [5, 5.41) is 0. The van der Waals surface area contributed by atoms with E-state index < -0.39 is 10.0 Å². The van der Waals surface area contributed by atoms with Crippen molar-refractivity contribution in [1.82, 2.24) is 4.72 Å². The molecule has 5 heteroatoms. The second-order valence-corrected chi connectivity index (χ2v) is 7.40. The Balaban J connectivity index is 2.42. The molecular formula is C8H17NO2S2. The maximum atomic E-state index is 11.2. The van der Waals surface area contributed by atoms with Gasteiger partial charge in [-0.3, -0.25) is 0 Å². The van der Waals surface area contributed by atoms with Gasteiger partial charge < -0.3 is 0 Å². The third-order valence-corrected chi connectivity index (χ3v) is 5.23. The van der Waals surface area contributed by atoms with Gasteiger partial charge in [-0.05, 0) is 32.4 Å². The second-order valence-electron chi connectivity index (χ2n) is 3.63. The highest BCUT2D eigenvalue weighted by Crippen LogP contribution is 2.36. The molecule has 1 fully saturated rings. The van der Waals surface area contributed by atoms with Crippen LogP contribution >= 0.6 is 11.8 Å². The number of nitrogens with one attached hydrogen (secondary N) is 1. The average molecular weight is 223 g/mol. The summed E-state index contributed by atoms with van der Waals surface area (Å²) in [6, 6.07) is 0. The van der Waals surface area contributed by atoms with Crippen LogP contribution in [0.5, 0.6) is 0 Å². The molecule has 1 aliphatic rings. The normalized spacial score (nSPS) is 29.4. The molecule has 0 saturated carbocycles. The zero-order valence-electron chi connectivity index (χ0n) is 8.17. The molecule has 1 N–H and O–H groups in total. The summed E-state index contributed by atoms with van der Waals surface area (Å²) in [4.78, 5) is 0. The molecule has 0 amide bonds. The first-order valence-electron chi connectivity index (χ1n) is 4.59. The standard InChI is InChI=1S/C8H17NO2S2/c1-3-13(10,11)9-7-8(2)5-4-6-12-8/h9H,3-7H2,1-2H3. The van der Waals surface area contributed by atoms with Gasteiger partial charge in [0.2, 0.25) is 10.0 Å². The van der Waals surface area contributed by atoms with E-state index in [1.165, 1.54) is 6.42 Å². The van der Waals surface area contributed by atoms with Gasteiger partial charge in [-0.25, -0.2) is 13.1 Å². The van der Waals surface area contributed by atoms with E-state index in [4.69, 9.17) is 0 Å². The van der Waals surface area contributed by atoms with Crippen LogP contribution in [-0.2, 0) is 10.0 Å². The molecule has 0 aromatic rings. The zero-order valence-corrected chi connectivity index (χ0v) is 9.80. The van der Waals surface area contributed by atoms with Crippen molar-refractivity contribution >= 4 is 21.8 Å². The Kier molecular flexibility index (Phi) is 3.65. The van der Waals surface area contributed by atoms with Crippen molar-refractivity contribution < 1.29 is 8.42 Å². The SMILES string of the molecule is CCS(=O)(=O)NCC1(C)CCCS1. The largest absolute Gasteiger partial charge is 0.214 e. The molecule has 0 aromatic heterocycles. The van der Waals surface area contributed by atoms with Crippen LogP contribution in [0.25, 0.3) is 0 Å². The van der Waals surface area contributed by atoms with Crippen molar-refractivity contribution in [1.29, 1.82) is 0 Å². The Morgan fingerprint density at radius 3 is 2.69 bits per heavy atom. The maximum Gasteiger partial charge on any atom is 0.211 e. The van der Waals surface area contributed by atoms with Crippen LogP contribution in [0.15, 0.2) is 0 Å². The Morgan fingerprint density at radius 2 is 2.23 bits per heavy atom. The van der Waals surface area contributed by atoms with Crippen LogP contribution < -0.4 is 4.72 Å². The number of hydrogen-bond acceptors (Lipinski definition) is 3. The van der Waals surface area contributed by atoms with Crippen LogP contribution in [-0.4, -0.2) is 31.2 Å². The molecule has 1 saturated heterocycles. The van der Waals surface area contributed by atoms with Gasteiger partial charge in [0.25, 0.3) is 0 Å². The van der Waals surface area contributed by atoms with Gasteiger partial charge in [-0.15, -0.1) is 0 Å². The minimum Gasteiger partial charge on any atom is -0.214 e. The Bertz CT molecular complexity index is 255. The first kappa shape index (κ1) is 11.3. The van der Waals surface area contributed by atoms with Crippen LogP contribution in [0.2, 0.25) is 0 Å². The highest BCUT2D eigenvalue weighted by atomic mass is 32.2. The Labute approximate surface area is 84.7 Å². The lowest BCUT2D eigenvalue weighted by molar-refractivity contribution is 0.553. The fraction of sp³-hybridized carbons (Fsp3) is 1.00. The van der Waals surface area contributed by atoms with Gasteiger partial charge in [0.05, 0.1) is 5.75 Å². The summed E-state index contributed by atoms with van der Waals surface area (Å²) in [5.41, 5.74) is 0. The van der Waals surface area contributed by atoms with E-state index in [2.05, 4.69) is 11.6 Å². The minimum absolute atomic E-state index is 0.127. The average Bonchev–Trinajstić information content (AvgIpc) is 2.50. The van der Waals surface area contributed by atoms with Crippen LogP contribution in [0.3, 0.4) is 0 Å². The fourth-order valence-electron chi connectivity index (χ4n) is 1.34. The first-order valence-corrected chi connectivity index (χ1v) is 7.22. The van der Waals surface area contributed by atoms with E-state index in [1.807, 2.05) is 11.8 Å². The quantitative estimate of drug-likeness (QED) is 0.779. The molecule has 1 aliphatic heterocycles. The van der Waals surface area contributed by atoms with Crippen molar-refractivity contribution in [3.05, 3.63) is 0 Å². The second kappa shape index (κ2) is 4.19. The van der Waals surface area contributed by atoms with Crippen molar-refractivity contribution in [2.24, 2.45) is 0 Å². The number of sulfonamides is 1. The van der Waals surface area contributed by atoms with Crippen molar-refractivity contribution in [2.45, 2.75) is 31.4 Å². The number of hydrogen-bond donors (Lipinski definition) is 1. The number of rotatable bonds is 4. The predicted octanol–water partition coefficient (Wildman–Crippen LogP) is 1.21.